The maximum Gasteiger partial charge on any atom is 0.333 e. The predicted octanol–water partition coefficient (Wildman–Crippen LogP) is 0.696. The summed E-state index contributed by atoms with van der Waals surface area (Å²) >= 11 is 0. The molecule has 0 bridgehead atoms. The average molecular weight is 294 g/mol. The number of hydrogen-bond acceptors (Lipinski definition) is 5. The van der Waals surface area contributed by atoms with Crippen molar-refractivity contribution >= 4 is 17.8 Å². The van der Waals surface area contributed by atoms with Gasteiger partial charge in [0.15, 0.2) is 0 Å². The van der Waals surface area contributed by atoms with Crippen LogP contribution in [0, 0.1) is 0 Å². The van der Waals surface area contributed by atoms with Gasteiger partial charge in [0, 0.05) is 18.3 Å². The van der Waals surface area contributed by atoms with Crippen LogP contribution in [0.3, 0.4) is 0 Å². The molecule has 1 aliphatic rings. The number of hydroxylamine groups is 2. The van der Waals surface area contributed by atoms with E-state index in [2.05, 4.69) is 9.82 Å². The molecule has 1 atom stereocenters. The second kappa shape index (κ2) is 7.03. The number of imide groups is 1. The number of aliphatic hydroxyl groups excluding tert-OH is 1. The first-order chi connectivity index (χ1) is 10.1. The molecule has 2 rings (SSSR count). The number of carbonyl (C=O) groups excluding carboxylic acids is 3. The monoisotopic (exact) mass is 294 g/mol. The first-order valence-electron chi connectivity index (χ1n) is 6.96. The molecule has 7 heteroatoms. The van der Waals surface area contributed by atoms with Gasteiger partial charge in [-0.15, -0.1) is 0 Å². The van der Waals surface area contributed by atoms with Crippen molar-refractivity contribution in [3.8, 4) is 0 Å². The van der Waals surface area contributed by atoms with Crippen molar-refractivity contribution in [2.75, 3.05) is 0 Å². The Morgan fingerprint density at radius 2 is 2.19 bits per heavy atom. The number of unbranched alkanes of at least 4 members (excludes halogenated alkanes) is 2. The summed E-state index contributed by atoms with van der Waals surface area (Å²) in [5, 5.41) is 9.55. The highest BCUT2D eigenvalue weighted by atomic mass is 16.7. The fourth-order valence-corrected chi connectivity index (χ4v) is 2.12. The molecule has 0 aliphatic carbocycles. The van der Waals surface area contributed by atoms with Crippen molar-refractivity contribution in [1.82, 2.24) is 10.0 Å². The standard InChI is InChI=1S/C14H18N2O5/c17-11-9-12(18)16(14(11)20)21-13(19)7-3-1-2-5-10-6-4-8-15-10/h4,6,8,11,15,17H,1-3,5,7,9H2. The maximum atomic E-state index is 11.5. The highest BCUT2D eigenvalue weighted by Gasteiger charge is 2.40. The Balaban J connectivity index is 1.61. The van der Waals surface area contributed by atoms with E-state index in [1.807, 2.05) is 18.3 Å². The number of carbonyl (C=O) groups is 3. The van der Waals surface area contributed by atoms with E-state index in [0.29, 0.717) is 11.5 Å². The molecule has 0 radical (unpaired) electrons. The van der Waals surface area contributed by atoms with Crippen molar-refractivity contribution in [2.45, 2.75) is 44.6 Å². The molecule has 1 unspecified atom stereocenters. The molecule has 0 aromatic carbocycles. The molecule has 114 valence electrons. The first kappa shape index (κ1) is 15.2. The van der Waals surface area contributed by atoms with E-state index in [1.165, 1.54) is 0 Å². The fraction of sp³-hybridized carbons (Fsp3) is 0.500. The minimum Gasteiger partial charge on any atom is -0.383 e. The van der Waals surface area contributed by atoms with Crippen molar-refractivity contribution in [1.29, 1.82) is 0 Å². The first-order valence-corrected chi connectivity index (χ1v) is 6.96. The highest BCUT2D eigenvalue weighted by molar-refractivity contribution is 6.04. The summed E-state index contributed by atoms with van der Waals surface area (Å²) in [5.74, 6) is -2.20. The minimum atomic E-state index is -1.40. The number of amides is 2. The number of aryl methyl sites for hydroxylation is 1. The van der Waals surface area contributed by atoms with E-state index < -0.39 is 23.9 Å². The number of aromatic amines is 1. The molecule has 0 saturated carbocycles. The third-order valence-corrected chi connectivity index (χ3v) is 3.26. The van der Waals surface area contributed by atoms with Gasteiger partial charge in [-0.1, -0.05) is 11.5 Å². The van der Waals surface area contributed by atoms with E-state index in [0.717, 1.165) is 25.0 Å². The normalized spacial score (nSPS) is 18.3. The molecule has 7 nitrogen and oxygen atoms in total. The van der Waals surface area contributed by atoms with Gasteiger partial charge in [0.1, 0.15) is 6.10 Å². The van der Waals surface area contributed by atoms with Crippen molar-refractivity contribution in [2.24, 2.45) is 0 Å². The Morgan fingerprint density at radius 1 is 1.38 bits per heavy atom. The van der Waals surface area contributed by atoms with Gasteiger partial charge in [-0.3, -0.25) is 9.59 Å². The highest BCUT2D eigenvalue weighted by Crippen LogP contribution is 2.14. The van der Waals surface area contributed by atoms with Gasteiger partial charge in [-0.05, 0) is 31.4 Å². The molecule has 0 spiro atoms. The van der Waals surface area contributed by atoms with Crippen LogP contribution in [0.1, 0.15) is 37.8 Å². The van der Waals surface area contributed by atoms with Crippen LogP contribution < -0.4 is 0 Å². The number of hydrogen-bond donors (Lipinski definition) is 2. The zero-order valence-corrected chi connectivity index (χ0v) is 11.6. The Kier molecular flexibility index (Phi) is 5.10. The summed E-state index contributed by atoms with van der Waals surface area (Å²) in [5.41, 5.74) is 1.15. The summed E-state index contributed by atoms with van der Waals surface area (Å²) in [6.07, 6.45) is 3.60. The van der Waals surface area contributed by atoms with Gasteiger partial charge in [0.25, 0.3) is 11.8 Å². The molecule has 1 saturated heterocycles. The molecule has 2 amide bonds. The Hall–Kier alpha value is -2.15. The number of nitrogens with one attached hydrogen (secondary N) is 1. The van der Waals surface area contributed by atoms with E-state index in [1.54, 1.807) is 0 Å². The van der Waals surface area contributed by atoms with E-state index in [4.69, 9.17) is 0 Å². The molecule has 1 aromatic rings. The van der Waals surface area contributed by atoms with Crippen LogP contribution in [-0.2, 0) is 25.6 Å². The topological polar surface area (TPSA) is 99.7 Å². The van der Waals surface area contributed by atoms with E-state index >= 15 is 0 Å². The lowest BCUT2D eigenvalue weighted by Gasteiger charge is -2.12. The van der Waals surface area contributed by atoms with E-state index in [-0.39, 0.29) is 12.8 Å². The third kappa shape index (κ3) is 4.16. The third-order valence-electron chi connectivity index (χ3n) is 3.26. The predicted molar refractivity (Wildman–Crippen MR) is 71.5 cm³/mol. The molecular formula is C14H18N2O5. The van der Waals surface area contributed by atoms with Crippen molar-refractivity contribution in [3.05, 3.63) is 24.0 Å². The minimum absolute atomic E-state index is 0.137. The van der Waals surface area contributed by atoms with Crippen molar-refractivity contribution in [3.63, 3.8) is 0 Å². The summed E-state index contributed by atoms with van der Waals surface area (Å²) in [7, 11) is 0. The summed E-state index contributed by atoms with van der Waals surface area (Å²) in [6.45, 7) is 0. The summed E-state index contributed by atoms with van der Waals surface area (Å²) in [6, 6.07) is 3.94. The van der Waals surface area contributed by atoms with Crippen LogP contribution in [0.5, 0.6) is 0 Å². The smallest absolute Gasteiger partial charge is 0.333 e. The Labute approximate surface area is 121 Å². The molecule has 2 N–H and O–H groups in total. The second-order valence-electron chi connectivity index (χ2n) is 4.97. The summed E-state index contributed by atoms with van der Waals surface area (Å²) < 4.78 is 0. The van der Waals surface area contributed by atoms with Gasteiger partial charge in [-0.25, -0.2) is 4.79 Å². The van der Waals surface area contributed by atoms with Gasteiger partial charge in [0.05, 0.1) is 6.42 Å². The lowest BCUT2D eigenvalue weighted by Crippen LogP contribution is -2.34. The van der Waals surface area contributed by atoms with Crippen LogP contribution in [0.4, 0.5) is 0 Å². The number of aliphatic hydroxyl groups is 1. The molecule has 21 heavy (non-hydrogen) atoms. The lowest BCUT2D eigenvalue weighted by atomic mass is 10.1. The molecular weight excluding hydrogens is 276 g/mol. The van der Waals surface area contributed by atoms with Crippen LogP contribution in [0.2, 0.25) is 0 Å². The molecule has 1 aromatic heterocycles. The van der Waals surface area contributed by atoms with Crippen LogP contribution >= 0.6 is 0 Å². The Morgan fingerprint density at radius 3 is 2.81 bits per heavy atom. The fourth-order valence-electron chi connectivity index (χ4n) is 2.12. The maximum absolute atomic E-state index is 11.5. The zero-order valence-electron chi connectivity index (χ0n) is 11.6. The average Bonchev–Trinajstić information content (AvgIpc) is 3.03. The second-order valence-corrected chi connectivity index (χ2v) is 4.97. The Bertz CT molecular complexity index is 511. The van der Waals surface area contributed by atoms with Gasteiger partial charge >= 0.3 is 5.97 Å². The molecule has 1 aliphatic heterocycles. The van der Waals surface area contributed by atoms with Crippen LogP contribution in [0.25, 0.3) is 0 Å². The number of H-pyrrole nitrogens is 1. The van der Waals surface area contributed by atoms with Gasteiger partial charge in [-0.2, -0.15) is 0 Å². The van der Waals surface area contributed by atoms with Crippen LogP contribution in [-0.4, -0.2) is 39.0 Å². The molecule has 1 fully saturated rings. The number of nitrogens with zero attached hydrogens (tertiary/aromatic N) is 1. The SMILES string of the molecule is O=C(CCCCCc1ccc[nH]1)ON1C(=O)CC(O)C1=O. The zero-order chi connectivity index (χ0) is 15.2. The molecule has 2 heterocycles. The largest absolute Gasteiger partial charge is 0.383 e. The van der Waals surface area contributed by atoms with E-state index in [9.17, 15) is 19.5 Å². The summed E-state index contributed by atoms with van der Waals surface area (Å²) in [4.78, 5) is 42.0. The van der Waals surface area contributed by atoms with Gasteiger partial charge < -0.3 is 14.9 Å². The van der Waals surface area contributed by atoms with Crippen LogP contribution in [0.15, 0.2) is 18.3 Å². The van der Waals surface area contributed by atoms with Crippen molar-refractivity contribution < 1.29 is 24.3 Å². The quantitative estimate of drug-likeness (QED) is 0.569. The lowest BCUT2D eigenvalue weighted by molar-refractivity contribution is -0.198. The van der Waals surface area contributed by atoms with Gasteiger partial charge in [0.2, 0.25) is 0 Å². The number of aromatic nitrogens is 1. The number of rotatable bonds is 7.